The van der Waals surface area contributed by atoms with Crippen LogP contribution in [-0.4, -0.2) is 20.6 Å². The molecule has 0 bridgehead atoms. The van der Waals surface area contributed by atoms with Crippen LogP contribution in [-0.2, 0) is 12.8 Å². The van der Waals surface area contributed by atoms with Crippen LogP contribution in [0, 0.1) is 6.92 Å². The predicted octanol–water partition coefficient (Wildman–Crippen LogP) is 5.03. The molecule has 0 amide bonds. The van der Waals surface area contributed by atoms with Crippen LogP contribution in [0.25, 0.3) is 16.8 Å². The summed E-state index contributed by atoms with van der Waals surface area (Å²) in [4.78, 5) is 5.01. The molecule has 2 heterocycles. The first-order valence-electron chi connectivity index (χ1n) is 9.76. The van der Waals surface area contributed by atoms with Gasteiger partial charge in [0.05, 0.1) is 16.3 Å². The van der Waals surface area contributed by atoms with Crippen LogP contribution >= 0.6 is 11.6 Å². The number of aromatic nitrogens is 3. The summed E-state index contributed by atoms with van der Waals surface area (Å²) in [6.07, 6.45) is 5.36. The van der Waals surface area contributed by atoms with Crippen molar-refractivity contribution in [2.75, 3.05) is 11.1 Å². The second-order valence-electron chi connectivity index (χ2n) is 7.33. The van der Waals surface area contributed by atoms with Gasteiger partial charge >= 0.3 is 0 Å². The Hall–Kier alpha value is -2.27. The topological polar surface area (TPSA) is 68.2 Å². The number of hydrogen-bond acceptors (Lipinski definition) is 4. The SMILES string of the molecule is CCC(CC)Nc1c2c(nc3c(-c4ccc(N)cc4Cl)c(C)nn13)CCC2. The van der Waals surface area contributed by atoms with Gasteiger partial charge in [-0.15, -0.1) is 0 Å². The van der Waals surface area contributed by atoms with E-state index in [0.29, 0.717) is 16.8 Å². The van der Waals surface area contributed by atoms with Gasteiger partial charge in [-0.05, 0) is 51.2 Å². The molecular formula is C21H26ClN5. The van der Waals surface area contributed by atoms with Gasteiger partial charge in [0.2, 0.25) is 0 Å². The largest absolute Gasteiger partial charge is 0.399 e. The Morgan fingerprint density at radius 1 is 1.26 bits per heavy atom. The minimum absolute atomic E-state index is 0.424. The van der Waals surface area contributed by atoms with Gasteiger partial charge < -0.3 is 11.1 Å². The Balaban J connectivity index is 1.97. The monoisotopic (exact) mass is 383 g/mol. The molecule has 0 unspecified atom stereocenters. The molecule has 27 heavy (non-hydrogen) atoms. The highest BCUT2D eigenvalue weighted by molar-refractivity contribution is 6.33. The number of nitrogens with one attached hydrogen (secondary N) is 1. The standard InChI is InChI=1S/C21H26ClN5/c1-4-14(5-2)24-20-16-7-6-8-18(16)25-21-19(12(3)26-27(20)21)15-10-9-13(23)11-17(15)22/h9-11,14,24H,4-8,23H2,1-3H3. The van der Waals surface area contributed by atoms with E-state index in [1.165, 1.54) is 11.3 Å². The lowest BCUT2D eigenvalue weighted by molar-refractivity contribution is 0.661. The van der Waals surface area contributed by atoms with E-state index < -0.39 is 0 Å². The lowest BCUT2D eigenvalue weighted by atomic mass is 10.1. The van der Waals surface area contributed by atoms with E-state index in [0.717, 1.165) is 60.4 Å². The van der Waals surface area contributed by atoms with Gasteiger partial charge in [-0.3, -0.25) is 0 Å². The molecule has 0 fully saturated rings. The van der Waals surface area contributed by atoms with Crippen LogP contribution in [0.4, 0.5) is 11.5 Å². The second-order valence-corrected chi connectivity index (χ2v) is 7.74. The van der Waals surface area contributed by atoms with Crippen LogP contribution in [0.1, 0.15) is 50.1 Å². The molecule has 142 valence electrons. The smallest absolute Gasteiger partial charge is 0.165 e. The first kappa shape index (κ1) is 18.1. The molecule has 0 saturated carbocycles. The molecule has 5 nitrogen and oxygen atoms in total. The van der Waals surface area contributed by atoms with Gasteiger partial charge in [-0.2, -0.15) is 9.61 Å². The van der Waals surface area contributed by atoms with Gasteiger partial charge in [-0.1, -0.05) is 31.5 Å². The molecule has 0 aliphatic heterocycles. The number of hydrogen-bond donors (Lipinski definition) is 2. The average molecular weight is 384 g/mol. The van der Waals surface area contributed by atoms with Crippen molar-refractivity contribution < 1.29 is 0 Å². The highest BCUT2D eigenvalue weighted by Gasteiger charge is 2.25. The number of nitrogens with two attached hydrogens (primary N) is 1. The molecule has 2 aromatic heterocycles. The van der Waals surface area contributed by atoms with E-state index in [9.17, 15) is 0 Å². The van der Waals surface area contributed by atoms with E-state index in [1.54, 1.807) is 6.07 Å². The number of aryl methyl sites for hydroxylation is 2. The number of nitrogens with zero attached hydrogens (tertiary/aromatic N) is 3. The van der Waals surface area contributed by atoms with Crippen molar-refractivity contribution in [3.05, 3.63) is 40.2 Å². The Kier molecular flexibility index (Phi) is 4.72. The minimum atomic E-state index is 0.424. The van der Waals surface area contributed by atoms with E-state index >= 15 is 0 Å². The zero-order chi connectivity index (χ0) is 19.1. The molecule has 6 heteroatoms. The van der Waals surface area contributed by atoms with Gasteiger partial charge in [0.1, 0.15) is 5.82 Å². The van der Waals surface area contributed by atoms with Crippen molar-refractivity contribution in [2.45, 2.75) is 58.9 Å². The zero-order valence-corrected chi connectivity index (χ0v) is 16.9. The van der Waals surface area contributed by atoms with E-state index in [1.807, 2.05) is 23.6 Å². The fourth-order valence-electron chi connectivity index (χ4n) is 4.02. The maximum atomic E-state index is 6.52. The number of anilines is 2. The summed E-state index contributed by atoms with van der Waals surface area (Å²) in [5.74, 6) is 1.10. The number of halogens is 1. The van der Waals surface area contributed by atoms with Crippen molar-refractivity contribution in [2.24, 2.45) is 0 Å². The number of benzene rings is 1. The predicted molar refractivity (Wildman–Crippen MR) is 113 cm³/mol. The van der Waals surface area contributed by atoms with Crippen LogP contribution < -0.4 is 11.1 Å². The molecule has 0 atom stereocenters. The van der Waals surface area contributed by atoms with Crippen LogP contribution in [0.15, 0.2) is 18.2 Å². The Bertz CT molecular complexity index is 1000. The quantitative estimate of drug-likeness (QED) is 0.606. The Labute approximate surface area is 164 Å². The van der Waals surface area contributed by atoms with Crippen LogP contribution in [0.5, 0.6) is 0 Å². The van der Waals surface area contributed by atoms with Gasteiger partial charge in [0, 0.05) is 28.6 Å². The molecule has 1 aliphatic rings. The summed E-state index contributed by atoms with van der Waals surface area (Å²) >= 11 is 6.52. The third kappa shape index (κ3) is 3.04. The van der Waals surface area contributed by atoms with E-state index in [4.69, 9.17) is 27.4 Å². The maximum absolute atomic E-state index is 6.52. The lowest BCUT2D eigenvalue weighted by Crippen LogP contribution is -2.21. The summed E-state index contributed by atoms with van der Waals surface area (Å²) < 4.78 is 1.99. The molecule has 4 rings (SSSR count). The third-order valence-electron chi connectivity index (χ3n) is 5.55. The van der Waals surface area contributed by atoms with Crippen molar-refractivity contribution in [3.63, 3.8) is 0 Å². The maximum Gasteiger partial charge on any atom is 0.165 e. The zero-order valence-electron chi connectivity index (χ0n) is 16.1. The Morgan fingerprint density at radius 3 is 2.74 bits per heavy atom. The van der Waals surface area contributed by atoms with Crippen LogP contribution in [0.3, 0.4) is 0 Å². The van der Waals surface area contributed by atoms with Gasteiger partial charge in [0.25, 0.3) is 0 Å². The number of rotatable bonds is 5. The molecule has 3 aromatic rings. The number of nitrogen functional groups attached to an aromatic ring is 1. The highest BCUT2D eigenvalue weighted by Crippen LogP contribution is 2.37. The summed E-state index contributed by atoms with van der Waals surface area (Å²) in [6.45, 7) is 6.45. The van der Waals surface area contributed by atoms with Crippen molar-refractivity contribution in [1.29, 1.82) is 0 Å². The molecule has 1 aromatic carbocycles. The highest BCUT2D eigenvalue weighted by atomic mass is 35.5. The van der Waals surface area contributed by atoms with E-state index in [-0.39, 0.29) is 0 Å². The summed E-state index contributed by atoms with van der Waals surface area (Å²) in [7, 11) is 0. The third-order valence-corrected chi connectivity index (χ3v) is 5.86. The molecule has 0 radical (unpaired) electrons. The average Bonchev–Trinajstić information content (AvgIpc) is 3.23. The molecule has 0 spiro atoms. The molecule has 3 N–H and O–H groups in total. The summed E-state index contributed by atoms with van der Waals surface area (Å²) in [5.41, 5.74) is 12.7. The summed E-state index contributed by atoms with van der Waals surface area (Å²) in [5, 5.41) is 9.23. The van der Waals surface area contributed by atoms with Gasteiger partial charge in [-0.25, -0.2) is 4.98 Å². The molecule has 1 aliphatic carbocycles. The fraction of sp³-hybridized carbons (Fsp3) is 0.429. The first-order valence-corrected chi connectivity index (χ1v) is 10.1. The lowest BCUT2D eigenvalue weighted by Gasteiger charge is -2.19. The minimum Gasteiger partial charge on any atom is -0.399 e. The van der Waals surface area contributed by atoms with Crippen molar-refractivity contribution >= 4 is 28.8 Å². The number of fused-ring (bicyclic) bond motifs is 2. The normalized spacial score (nSPS) is 13.5. The Morgan fingerprint density at radius 2 is 2.04 bits per heavy atom. The van der Waals surface area contributed by atoms with Gasteiger partial charge in [0.15, 0.2) is 5.65 Å². The first-order chi connectivity index (χ1) is 13.0. The van der Waals surface area contributed by atoms with E-state index in [2.05, 4.69) is 19.2 Å². The van der Waals surface area contributed by atoms with Crippen molar-refractivity contribution in [3.8, 4) is 11.1 Å². The fourth-order valence-corrected chi connectivity index (χ4v) is 4.30. The summed E-state index contributed by atoms with van der Waals surface area (Å²) in [6, 6.07) is 6.05. The molecular weight excluding hydrogens is 358 g/mol. The van der Waals surface area contributed by atoms with Crippen molar-refractivity contribution in [1.82, 2.24) is 14.6 Å². The van der Waals surface area contributed by atoms with Crippen LogP contribution in [0.2, 0.25) is 5.02 Å². The second kappa shape index (κ2) is 7.04. The molecule has 0 saturated heterocycles.